The van der Waals surface area contributed by atoms with E-state index in [1.54, 1.807) is 0 Å². The lowest BCUT2D eigenvalue weighted by Crippen LogP contribution is -2.11. The summed E-state index contributed by atoms with van der Waals surface area (Å²) in [7, 11) is 0. The Balaban J connectivity index is 2.45. The van der Waals surface area contributed by atoms with Crippen molar-refractivity contribution in [2.75, 3.05) is 5.73 Å². The zero-order valence-electron chi connectivity index (χ0n) is 10.8. The summed E-state index contributed by atoms with van der Waals surface area (Å²) in [6.45, 7) is 0. The smallest absolute Gasteiger partial charge is 0.189 e. The number of hydrogen-bond donors (Lipinski definition) is 1. The van der Waals surface area contributed by atoms with Gasteiger partial charge in [-0.3, -0.25) is 9.36 Å². The molecule has 112 valence electrons. The van der Waals surface area contributed by atoms with Gasteiger partial charge in [0, 0.05) is 12.3 Å². The summed E-state index contributed by atoms with van der Waals surface area (Å²) in [5.74, 6) is -3.17. The molecule has 0 aliphatic rings. The van der Waals surface area contributed by atoms with Crippen LogP contribution in [0, 0.1) is 17.5 Å². The Labute approximate surface area is 130 Å². The number of pyridine rings is 2. The minimum Gasteiger partial charge on any atom is -0.381 e. The van der Waals surface area contributed by atoms with Crippen LogP contribution in [0.5, 0.6) is 0 Å². The number of rotatable bonds is 1. The fourth-order valence-corrected chi connectivity index (χ4v) is 2.68. The zero-order valence-corrected chi connectivity index (χ0v) is 12.4. The molecule has 0 aliphatic carbocycles. The third kappa shape index (κ3) is 2.16. The minimum absolute atomic E-state index is 0.0435. The molecule has 2 heterocycles. The molecule has 0 atom stereocenters. The maximum Gasteiger partial charge on any atom is 0.189 e. The fraction of sp³-hybridized carbons (Fsp3) is 0. The van der Waals surface area contributed by atoms with E-state index in [9.17, 15) is 18.0 Å². The average Bonchev–Trinajstić information content (AvgIpc) is 2.49. The standard InChI is InChI=1S/C14H7BrF3N3O/c15-11-12(18)8(17)5-6-9(22)3-4-21(13(6)11)10-2-1-7(16)14(19)20-10/h1-5H,(H2,19,20). The van der Waals surface area contributed by atoms with Crippen LogP contribution in [0.4, 0.5) is 19.0 Å². The topological polar surface area (TPSA) is 60.9 Å². The normalized spacial score (nSPS) is 11.1. The lowest BCUT2D eigenvalue weighted by atomic mass is 10.2. The van der Waals surface area contributed by atoms with Gasteiger partial charge in [-0.1, -0.05) is 0 Å². The van der Waals surface area contributed by atoms with Crippen molar-refractivity contribution in [1.29, 1.82) is 0 Å². The minimum atomic E-state index is -1.15. The highest BCUT2D eigenvalue weighted by Gasteiger charge is 2.17. The molecule has 0 bridgehead atoms. The van der Waals surface area contributed by atoms with E-state index in [-0.39, 0.29) is 27.0 Å². The lowest BCUT2D eigenvalue weighted by Gasteiger charge is -2.12. The SMILES string of the molecule is Nc1nc(-n2ccc(=O)c3cc(F)c(F)c(Br)c32)ccc1F. The number of benzene rings is 1. The van der Waals surface area contributed by atoms with Gasteiger partial charge in [0.25, 0.3) is 0 Å². The lowest BCUT2D eigenvalue weighted by molar-refractivity contribution is 0.506. The van der Waals surface area contributed by atoms with Crippen molar-refractivity contribution >= 4 is 32.7 Å². The first-order chi connectivity index (χ1) is 10.4. The monoisotopic (exact) mass is 369 g/mol. The van der Waals surface area contributed by atoms with Crippen molar-refractivity contribution in [2.45, 2.75) is 0 Å². The summed E-state index contributed by atoms with van der Waals surface area (Å²) in [6, 6.07) is 4.38. The molecule has 0 saturated heterocycles. The molecule has 0 saturated carbocycles. The van der Waals surface area contributed by atoms with Gasteiger partial charge in [-0.2, -0.15) is 0 Å². The summed E-state index contributed by atoms with van der Waals surface area (Å²) in [4.78, 5) is 15.7. The summed E-state index contributed by atoms with van der Waals surface area (Å²) in [6.07, 6.45) is 1.33. The molecule has 0 amide bonds. The first-order valence-corrected chi connectivity index (χ1v) is 6.80. The van der Waals surface area contributed by atoms with E-state index in [1.807, 2.05) is 0 Å². The maximum atomic E-state index is 13.8. The molecule has 0 fully saturated rings. The number of fused-ring (bicyclic) bond motifs is 1. The van der Waals surface area contributed by atoms with Gasteiger partial charge in [-0.15, -0.1) is 0 Å². The second-order valence-corrected chi connectivity index (χ2v) is 5.26. The quantitative estimate of drug-likeness (QED) is 0.670. The predicted octanol–water partition coefficient (Wildman–Crippen LogP) is 3.15. The van der Waals surface area contributed by atoms with Crippen LogP contribution in [0.2, 0.25) is 0 Å². The van der Waals surface area contributed by atoms with Gasteiger partial charge in [-0.05, 0) is 34.1 Å². The van der Waals surface area contributed by atoms with Crippen molar-refractivity contribution in [3.05, 3.63) is 62.6 Å². The van der Waals surface area contributed by atoms with Crippen LogP contribution in [-0.4, -0.2) is 9.55 Å². The van der Waals surface area contributed by atoms with Gasteiger partial charge >= 0.3 is 0 Å². The molecule has 0 spiro atoms. The highest BCUT2D eigenvalue weighted by molar-refractivity contribution is 9.10. The third-order valence-corrected chi connectivity index (χ3v) is 3.85. The molecular weight excluding hydrogens is 363 g/mol. The first-order valence-electron chi connectivity index (χ1n) is 6.01. The van der Waals surface area contributed by atoms with E-state index < -0.39 is 22.9 Å². The van der Waals surface area contributed by atoms with Crippen LogP contribution in [0.3, 0.4) is 0 Å². The van der Waals surface area contributed by atoms with Gasteiger partial charge in [0.1, 0.15) is 5.82 Å². The second kappa shape index (κ2) is 5.13. The van der Waals surface area contributed by atoms with Crippen molar-refractivity contribution in [2.24, 2.45) is 0 Å². The molecule has 2 N–H and O–H groups in total. The van der Waals surface area contributed by atoms with Crippen LogP contribution >= 0.6 is 15.9 Å². The molecule has 22 heavy (non-hydrogen) atoms. The van der Waals surface area contributed by atoms with Crippen molar-refractivity contribution < 1.29 is 13.2 Å². The Morgan fingerprint density at radius 1 is 1.14 bits per heavy atom. The summed E-state index contributed by atoms with van der Waals surface area (Å²) in [5, 5.41) is -0.0435. The maximum absolute atomic E-state index is 13.8. The highest BCUT2D eigenvalue weighted by atomic mass is 79.9. The predicted molar refractivity (Wildman–Crippen MR) is 79.3 cm³/mol. The molecule has 4 nitrogen and oxygen atoms in total. The number of nitrogen functional groups attached to an aromatic ring is 1. The third-order valence-electron chi connectivity index (χ3n) is 3.12. The Hall–Kier alpha value is -2.35. The number of halogens is 4. The molecule has 8 heteroatoms. The van der Waals surface area contributed by atoms with E-state index in [0.717, 1.165) is 12.1 Å². The largest absolute Gasteiger partial charge is 0.381 e. The molecule has 0 unspecified atom stereocenters. The van der Waals surface area contributed by atoms with Crippen LogP contribution in [0.25, 0.3) is 16.7 Å². The highest BCUT2D eigenvalue weighted by Crippen LogP contribution is 2.29. The van der Waals surface area contributed by atoms with E-state index in [1.165, 1.54) is 22.9 Å². The molecule has 0 radical (unpaired) electrons. The Kier molecular flexibility index (Phi) is 3.40. The van der Waals surface area contributed by atoms with Gasteiger partial charge in [0.05, 0.1) is 15.4 Å². The fourth-order valence-electron chi connectivity index (χ4n) is 2.09. The number of hydrogen-bond acceptors (Lipinski definition) is 3. The molecule has 1 aromatic carbocycles. The molecule has 3 aromatic rings. The Bertz CT molecular complexity index is 972. The summed E-state index contributed by atoms with van der Waals surface area (Å²) >= 11 is 2.94. The van der Waals surface area contributed by atoms with E-state index in [4.69, 9.17) is 5.73 Å². The zero-order chi connectivity index (χ0) is 16.0. The van der Waals surface area contributed by atoms with Gasteiger partial charge < -0.3 is 5.73 Å². The Morgan fingerprint density at radius 2 is 1.86 bits per heavy atom. The van der Waals surface area contributed by atoms with Gasteiger partial charge in [-0.25, -0.2) is 18.2 Å². The molecule has 2 aromatic heterocycles. The van der Waals surface area contributed by atoms with E-state index >= 15 is 0 Å². The summed E-state index contributed by atoms with van der Waals surface area (Å²) in [5.41, 5.74) is 5.01. The first kappa shape index (κ1) is 14.6. The van der Waals surface area contributed by atoms with E-state index in [2.05, 4.69) is 20.9 Å². The number of nitrogens with two attached hydrogens (primary N) is 1. The van der Waals surface area contributed by atoms with Gasteiger partial charge in [0.2, 0.25) is 0 Å². The van der Waals surface area contributed by atoms with Crippen LogP contribution in [0.15, 0.2) is 39.7 Å². The molecule has 0 aliphatic heterocycles. The van der Waals surface area contributed by atoms with Crippen LogP contribution in [0.1, 0.15) is 0 Å². The average molecular weight is 370 g/mol. The van der Waals surface area contributed by atoms with E-state index in [0.29, 0.717) is 0 Å². The number of nitrogens with zero attached hydrogens (tertiary/aromatic N) is 2. The second-order valence-electron chi connectivity index (χ2n) is 4.47. The summed E-state index contributed by atoms with van der Waals surface area (Å²) < 4.78 is 41.6. The number of aromatic nitrogens is 2. The molecule has 3 rings (SSSR count). The molecular formula is C14H7BrF3N3O. The van der Waals surface area contributed by atoms with Crippen molar-refractivity contribution in [1.82, 2.24) is 9.55 Å². The van der Waals surface area contributed by atoms with Crippen molar-refractivity contribution in [3.63, 3.8) is 0 Å². The van der Waals surface area contributed by atoms with Crippen molar-refractivity contribution in [3.8, 4) is 5.82 Å². The van der Waals surface area contributed by atoms with Crippen LogP contribution < -0.4 is 11.2 Å². The van der Waals surface area contributed by atoms with Crippen LogP contribution in [-0.2, 0) is 0 Å². The Morgan fingerprint density at radius 3 is 2.55 bits per heavy atom. The van der Waals surface area contributed by atoms with Gasteiger partial charge in [0.15, 0.2) is 28.7 Å². The number of anilines is 1.